The van der Waals surface area contributed by atoms with Crippen LogP contribution in [0.3, 0.4) is 0 Å². The quantitative estimate of drug-likeness (QED) is 0.325. The molecule has 166 valence electrons. The summed E-state index contributed by atoms with van der Waals surface area (Å²) in [6.07, 6.45) is 0.728. The van der Waals surface area contributed by atoms with E-state index in [0.717, 1.165) is 21.8 Å². The van der Waals surface area contributed by atoms with Crippen LogP contribution < -0.4 is 90.3 Å². The number of carbonyl (C=O) groups is 2. The van der Waals surface area contributed by atoms with E-state index in [9.17, 15) is 24.6 Å². The first-order valence-electron chi connectivity index (χ1n) is 9.67. The number of amides is 2. The molecule has 9 nitrogen and oxygen atoms in total. The number of carboxylic acids is 1. The molecule has 0 bridgehead atoms. The number of anilines is 1. The van der Waals surface area contributed by atoms with Gasteiger partial charge in [0, 0.05) is 31.2 Å². The van der Waals surface area contributed by atoms with Crippen LogP contribution in [-0.2, 0) is 11.8 Å². The normalized spacial score (nSPS) is 10.8. The number of ether oxygens (including phenoxy) is 1. The van der Waals surface area contributed by atoms with Gasteiger partial charge >= 0.3 is 65.1 Å². The van der Waals surface area contributed by atoms with Crippen molar-refractivity contribution in [3.05, 3.63) is 76.7 Å². The summed E-state index contributed by atoms with van der Waals surface area (Å²) < 4.78 is 6.51. The average Bonchev–Trinajstić information content (AvgIpc) is 2.78. The van der Waals surface area contributed by atoms with E-state index >= 15 is 0 Å². The Morgan fingerprint density at radius 2 is 1.74 bits per heavy atom. The third-order valence-electron chi connectivity index (χ3n) is 4.86. The number of nitrogens with one attached hydrogen (secondary N) is 2. The van der Waals surface area contributed by atoms with Gasteiger partial charge in [0.2, 0.25) is 0 Å². The molecule has 3 aromatic rings. The van der Waals surface area contributed by atoms with E-state index < -0.39 is 41.5 Å². The van der Waals surface area contributed by atoms with Gasteiger partial charge in [0.15, 0.2) is 0 Å². The molecular formula is C23H21N3Na2O6. The zero-order valence-electron chi connectivity index (χ0n) is 19.5. The standard InChI is InChI=1S/C23H23N3O6.2Na/c1-26-11-10-18(27)21(22(26)30)25-23(31)24-17(13-20(28)29)16-12-15(8-9-19(16)32-2)14-6-4-3-5-7-14;;/h3-12,17,27H,13H2,1-2H3,(H,28,29)(H2,24,25,31);;/q;2*+1/p-2/t17-;;/m0../s1. The van der Waals surface area contributed by atoms with Gasteiger partial charge in [-0.25, -0.2) is 4.79 Å². The predicted octanol–water partition coefficient (Wildman–Crippen LogP) is -4.85. The number of methoxy groups -OCH3 is 1. The van der Waals surface area contributed by atoms with E-state index in [1.165, 1.54) is 20.4 Å². The van der Waals surface area contributed by atoms with Gasteiger partial charge in [-0.15, -0.1) is 0 Å². The fourth-order valence-corrected chi connectivity index (χ4v) is 3.26. The van der Waals surface area contributed by atoms with Gasteiger partial charge in [-0.05, 0) is 23.3 Å². The third-order valence-corrected chi connectivity index (χ3v) is 4.86. The molecule has 0 aliphatic rings. The second-order valence-electron chi connectivity index (χ2n) is 7.02. The minimum atomic E-state index is -1.40. The second kappa shape index (κ2) is 13.6. The molecule has 0 aliphatic carbocycles. The van der Waals surface area contributed by atoms with Crippen molar-refractivity contribution in [2.75, 3.05) is 12.4 Å². The first-order chi connectivity index (χ1) is 15.3. The van der Waals surface area contributed by atoms with E-state index in [2.05, 4.69) is 10.6 Å². The summed E-state index contributed by atoms with van der Waals surface area (Å²) >= 11 is 0. The van der Waals surface area contributed by atoms with Crippen LogP contribution in [0.15, 0.2) is 65.6 Å². The molecule has 2 N–H and O–H groups in total. The number of hydrogen-bond acceptors (Lipinski definition) is 6. The number of aryl methyl sites for hydroxylation is 1. The SMILES string of the molecule is COc1ccc(-c2ccccc2)cc1[C@H](CC(=O)[O-])NC(=O)Nc1c([O-])ccn(C)c1=O.[Na+].[Na+]. The Morgan fingerprint density at radius 1 is 1.06 bits per heavy atom. The summed E-state index contributed by atoms with van der Waals surface area (Å²) in [5, 5.41) is 28.1. The van der Waals surface area contributed by atoms with Gasteiger partial charge in [0.1, 0.15) is 11.4 Å². The van der Waals surface area contributed by atoms with Crippen molar-refractivity contribution < 1.29 is 83.7 Å². The number of aromatic nitrogens is 1. The maximum atomic E-state index is 12.6. The Bertz CT molecular complexity index is 1200. The zero-order chi connectivity index (χ0) is 23.3. The summed E-state index contributed by atoms with van der Waals surface area (Å²) in [7, 11) is 2.86. The Labute approximate surface area is 240 Å². The van der Waals surface area contributed by atoms with E-state index in [1.807, 2.05) is 36.4 Å². The third kappa shape index (κ3) is 7.36. The van der Waals surface area contributed by atoms with E-state index in [0.29, 0.717) is 11.3 Å². The van der Waals surface area contributed by atoms with Crippen molar-refractivity contribution >= 4 is 17.7 Å². The maximum Gasteiger partial charge on any atom is 1.00 e. The summed E-state index contributed by atoms with van der Waals surface area (Å²) in [5.74, 6) is -1.71. The maximum absolute atomic E-state index is 12.6. The summed E-state index contributed by atoms with van der Waals surface area (Å²) in [4.78, 5) is 36.1. The summed E-state index contributed by atoms with van der Waals surface area (Å²) in [6, 6.07) is 13.7. The molecule has 1 aromatic heterocycles. The first kappa shape index (κ1) is 29.8. The van der Waals surface area contributed by atoms with Crippen LogP contribution >= 0.6 is 0 Å². The Kier molecular flexibility index (Phi) is 11.9. The molecule has 34 heavy (non-hydrogen) atoms. The van der Waals surface area contributed by atoms with Crippen molar-refractivity contribution in [1.29, 1.82) is 0 Å². The predicted molar refractivity (Wildman–Crippen MR) is 114 cm³/mol. The number of carboxylic acid groups (broad SMARTS) is 1. The fourth-order valence-electron chi connectivity index (χ4n) is 3.26. The molecule has 1 heterocycles. The van der Waals surface area contributed by atoms with Crippen LogP contribution in [0.2, 0.25) is 0 Å². The minimum Gasteiger partial charge on any atom is -0.871 e. The molecule has 0 aliphatic heterocycles. The van der Waals surface area contributed by atoms with Gasteiger partial charge < -0.3 is 34.9 Å². The van der Waals surface area contributed by atoms with Crippen LogP contribution in [0.4, 0.5) is 10.5 Å². The first-order valence-corrected chi connectivity index (χ1v) is 9.67. The van der Waals surface area contributed by atoms with Crippen molar-refractivity contribution in [3.63, 3.8) is 0 Å². The molecule has 0 radical (unpaired) electrons. The van der Waals surface area contributed by atoms with Gasteiger partial charge in [-0.1, -0.05) is 48.2 Å². The monoisotopic (exact) mass is 481 g/mol. The van der Waals surface area contributed by atoms with Crippen LogP contribution in [0.25, 0.3) is 11.1 Å². The Balaban J connectivity index is 0.00000289. The summed E-state index contributed by atoms with van der Waals surface area (Å²) in [6.45, 7) is 0. The molecule has 0 fully saturated rings. The molecule has 0 saturated carbocycles. The molecule has 0 saturated heterocycles. The van der Waals surface area contributed by atoms with Crippen molar-refractivity contribution in [1.82, 2.24) is 9.88 Å². The molecule has 11 heteroatoms. The number of urea groups is 1. The van der Waals surface area contributed by atoms with Crippen molar-refractivity contribution in [2.45, 2.75) is 12.5 Å². The average molecular weight is 481 g/mol. The second-order valence-corrected chi connectivity index (χ2v) is 7.02. The number of rotatable bonds is 7. The van der Waals surface area contributed by atoms with Crippen LogP contribution in [0.5, 0.6) is 11.5 Å². The molecule has 0 unspecified atom stereocenters. The largest absolute Gasteiger partial charge is 1.00 e. The van der Waals surface area contributed by atoms with Crippen LogP contribution in [0, 0.1) is 0 Å². The number of aliphatic carboxylic acids is 1. The number of pyridine rings is 1. The molecule has 1 atom stereocenters. The smallest absolute Gasteiger partial charge is 0.871 e. The number of carbonyl (C=O) groups excluding carboxylic acids is 2. The fraction of sp³-hybridized carbons (Fsp3) is 0.174. The van der Waals surface area contributed by atoms with E-state index in [-0.39, 0.29) is 59.1 Å². The molecule has 2 aromatic carbocycles. The van der Waals surface area contributed by atoms with Crippen LogP contribution in [0.1, 0.15) is 18.0 Å². The number of benzene rings is 2. The van der Waals surface area contributed by atoms with Gasteiger partial charge in [-0.2, -0.15) is 0 Å². The van der Waals surface area contributed by atoms with Crippen LogP contribution in [-0.4, -0.2) is 23.7 Å². The van der Waals surface area contributed by atoms with Crippen molar-refractivity contribution in [2.24, 2.45) is 7.05 Å². The molecule has 0 spiro atoms. The zero-order valence-corrected chi connectivity index (χ0v) is 23.5. The van der Waals surface area contributed by atoms with Gasteiger partial charge in [-0.3, -0.25) is 4.79 Å². The minimum absolute atomic E-state index is 0. The van der Waals surface area contributed by atoms with Gasteiger partial charge in [0.05, 0.1) is 13.2 Å². The number of nitrogens with zero attached hydrogens (tertiary/aromatic N) is 1. The molecule has 2 amide bonds. The van der Waals surface area contributed by atoms with E-state index in [4.69, 9.17) is 4.74 Å². The Hall–Kier alpha value is -2.27. The molecule has 3 rings (SSSR count). The van der Waals surface area contributed by atoms with Crippen molar-refractivity contribution in [3.8, 4) is 22.6 Å². The molecular weight excluding hydrogens is 460 g/mol. The summed E-state index contributed by atoms with van der Waals surface area (Å²) in [5.41, 5.74) is 0.941. The van der Waals surface area contributed by atoms with Gasteiger partial charge in [0.25, 0.3) is 5.56 Å². The topological polar surface area (TPSA) is 136 Å². The van der Waals surface area contributed by atoms with E-state index in [1.54, 1.807) is 12.1 Å². The number of hydrogen-bond donors (Lipinski definition) is 2. The Morgan fingerprint density at radius 3 is 2.35 bits per heavy atom.